The maximum atomic E-state index is 10.9. The van der Waals surface area contributed by atoms with Gasteiger partial charge in [-0.3, -0.25) is 4.79 Å². The molecule has 4 heteroatoms. The number of ether oxygens (including phenoxy) is 1. The summed E-state index contributed by atoms with van der Waals surface area (Å²) < 4.78 is 5.62. The fourth-order valence-electron chi connectivity index (χ4n) is 1.94. The van der Waals surface area contributed by atoms with Gasteiger partial charge in [0.1, 0.15) is 18.0 Å². The van der Waals surface area contributed by atoms with Crippen molar-refractivity contribution in [2.75, 3.05) is 11.9 Å². The quantitative estimate of drug-likeness (QED) is 0.888. The minimum atomic E-state index is -1.06. The highest BCUT2D eigenvalue weighted by atomic mass is 16.5. The molecule has 0 saturated carbocycles. The standard InChI is InChI=1S/C17H19NO3/c1-13(19)18-15-8-10-16(11-9-15)21-12-17(2,20)14-6-4-3-5-7-14/h3-11,20H,12H2,1-2H3,(H,18,19). The van der Waals surface area contributed by atoms with E-state index in [1.54, 1.807) is 31.2 Å². The molecular formula is C17H19NO3. The Bertz CT molecular complexity index is 591. The average molecular weight is 285 g/mol. The Kier molecular flexibility index (Phi) is 4.60. The minimum absolute atomic E-state index is 0.115. The highest BCUT2D eigenvalue weighted by Crippen LogP contribution is 2.23. The summed E-state index contributed by atoms with van der Waals surface area (Å²) in [5.41, 5.74) is 0.460. The zero-order valence-electron chi connectivity index (χ0n) is 12.2. The number of amides is 1. The monoisotopic (exact) mass is 285 g/mol. The zero-order chi connectivity index (χ0) is 15.3. The molecule has 0 heterocycles. The van der Waals surface area contributed by atoms with E-state index in [9.17, 15) is 9.90 Å². The Labute approximate surface area is 124 Å². The Morgan fingerprint density at radius 3 is 2.33 bits per heavy atom. The fourth-order valence-corrected chi connectivity index (χ4v) is 1.94. The molecule has 0 spiro atoms. The molecule has 0 aliphatic rings. The van der Waals surface area contributed by atoms with Gasteiger partial charge < -0.3 is 15.2 Å². The summed E-state index contributed by atoms with van der Waals surface area (Å²) in [6.45, 7) is 3.33. The Hall–Kier alpha value is -2.33. The van der Waals surface area contributed by atoms with Gasteiger partial charge in [-0.15, -0.1) is 0 Å². The van der Waals surface area contributed by atoms with Gasteiger partial charge in [-0.25, -0.2) is 0 Å². The van der Waals surface area contributed by atoms with Gasteiger partial charge in [-0.05, 0) is 36.8 Å². The molecule has 0 aliphatic heterocycles. The van der Waals surface area contributed by atoms with Crippen molar-refractivity contribution >= 4 is 11.6 Å². The second-order valence-corrected chi connectivity index (χ2v) is 5.13. The molecule has 0 saturated heterocycles. The first-order valence-corrected chi connectivity index (χ1v) is 6.76. The van der Waals surface area contributed by atoms with Gasteiger partial charge in [0, 0.05) is 12.6 Å². The molecule has 0 aromatic heterocycles. The van der Waals surface area contributed by atoms with E-state index in [0.717, 1.165) is 5.56 Å². The lowest BCUT2D eigenvalue weighted by atomic mass is 9.97. The number of hydrogen-bond acceptors (Lipinski definition) is 3. The Morgan fingerprint density at radius 1 is 1.14 bits per heavy atom. The molecule has 0 radical (unpaired) electrons. The summed E-state index contributed by atoms with van der Waals surface area (Å²) in [5, 5.41) is 13.1. The number of benzene rings is 2. The normalized spacial score (nSPS) is 13.3. The second-order valence-electron chi connectivity index (χ2n) is 5.13. The van der Waals surface area contributed by atoms with Crippen LogP contribution in [0.15, 0.2) is 54.6 Å². The first-order chi connectivity index (χ1) is 9.97. The van der Waals surface area contributed by atoms with E-state index in [1.165, 1.54) is 6.92 Å². The van der Waals surface area contributed by atoms with Gasteiger partial charge in [0.25, 0.3) is 0 Å². The van der Waals surface area contributed by atoms with Crippen LogP contribution in [-0.2, 0) is 10.4 Å². The van der Waals surface area contributed by atoms with E-state index in [-0.39, 0.29) is 12.5 Å². The van der Waals surface area contributed by atoms with Crippen molar-refractivity contribution in [1.29, 1.82) is 0 Å². The highest BCUT2D eigenvalue weighted by molar-refractivity contribution is 5.88. The van der Waals surface area contributed by atoms with Crippen molar-refractivity contribution in [3.05, 3.63) is 60.2 Å². The van der Waals surface area contributed by atoms with Crippen LogP contribution in [0.4, 0.5) is 5.69 Å². The smallest absolute Gasteiger partial charge is 0.221 e. The lowest BCUT2D eigenvalue weighted by Gasteiger charge is -2.24. The third kappa shape index (κ3) is 4.33. The predicted molar refractivity (Wildman–Crippen MR) is 82.3 cm³/mol. The first kappa shape index (κ1) is 15.1. The van der Waals surface area contributed by atoms with Gasteiger partial charge in [-0.1, -0.05) is 30.3 Å². The van der Waals surface area contributed by atoms with Crippen molar-refractivity contribution in [2.24, 2.45) is 0 Å². The van der Waals surface area contributed by atoms with Crippen LogP contribution < -0.4 is 10.1 Å². The maximum absolute atomic E-state index is 10.9. The number of anilines is 1. The largest absolute Gasteiger partial charge is 0.490 e. The lowest BCUT2D eigenvalue weighted by Crippen LogP contribution is -2.29. The third-order valence-electron chi connectivity index (χ3n) is 3.09. The van der Waals surface area contributed by atoms with Crippen LogP contribution in [0.5, 0.6) is 5.75 Å². The number of nitrogens with one attached hydrogen (secondary N) is 1. The number of carbonyl (C=O) groups excluding carboxylic acids is 1. The van der Waals surface area contributed by atoms with Crippen LogP contribution in [0.25, 0.3) is 0 Å². The first-order valence-electron chi connectivity index (χ1n) is 6.76. The number of hydrogen-bond donors (Lipinski definition) is 2. The average Bonchev–Trinajstić information content (AvgIpc) is 2.47. The molecule has 0 fully saturated rings. The summed E-state index contributed by atoms with van der Waals surface area (Å²) in [4.78, 5) is 10.9. The van der Waals surface area contributed by atoms with Crippen molar-refractivity contribution < 1.29 is 14.6 Å². The van der Waals surface area contributed by atoms with E-state index in [2.05, 4.69) is 5.32 Å². The second kappa shape index (κ2) is 6.41. The Morgan fingerprint density at radius 2 is 1.76 bits per heavy atom. The maximum Gasteiger partial charge on any atom is 0.221 e. The molecule has 0 aliphatic carbocycles. The summed E-state index contributed by atoms with van der Waals surface area (Å²) in [7, 11) is 0. The molecule has 2 N–H and O–H groups in total. The molecule has 4 nitrogen and oxygen atoms in total. The predicted octanol–water partition coefficient (Wildman–Crippen LogP) is 2.93. The summed E-state index contributed by atoms with van der Waals surface area (Å²) in [6.07, 6.45) is 0. The third-order valence-corrected chi connectivity index (χ3v) is 3.09. The van der Waals surface area contributed by atoms with Crippen LogP contribution in [0, 0.1) is 0 Å². The van der Waals surface area contributed by atoms with Gasteiger partial charge in [0.15, 0.2) is 0 Å². The SMILES string of the molecule is CC(=O)Nc1ccc(OCC(C)(O)c2ccccc2)cc1. The molecule has 21 heavy (non-hydrogen) atoms. The van der Waals surface area contributed by atoms with Crippen molar-refractivity contribution in [3.8, 4) is 5.75 Å². The molecule has 0 bridgehead atoms. The van der Waals surface area contributed by atoms with Gasteiger partial charge in [-0.2, -0.15) is 0 Å². The topological polar surface area (TPSA) is 58.6 Å². The molecule has 1 amide bonds. The van der Waals surface area contributed by atoms with Crippen LogP contribution in [0.2, 0.25) is 0 Å². The summed E-state index contributed by atoms with van der Waals surface area (Å²) in [6, 6.07) is 16.4. The van der Waals surface area contributed by atoms with Crippen LogP contribution in [0.3, 0.4) is 0 Å². The number of carbonyl (C=O) groups is 1. The van der Waals surface area contributed by atoms with Crippen molar-refractivity contribution in [3.63, 3.8) is 0 Å². The summed E-state index contributed by atoms with van der Waals surface area (Å²) in [5.74, 6) is 0.524. The number of aliphatic hydroxyl groups is 1. The van der Waals surface area contributed by atoms with Gasteiger partial charge in [0.2, 0.25) is 5.91 Å². The number of rotatable bonds is 5. The van der Waals surface area contributed by atoms with E-state index < -0.39 is 5.60 Å². The molecule has 1 unspecified atom stereocenters. The van der Waals surface area contributed by atoms with Crippen molar-refractivity contribution in [2.45, 2.75) is 19.4 Å². The molecule has 2 aromatic rings. The molecule has 2 rings (SSSR count). The van der Waals surface area contributed by atoms with E-state index in [4.69, 9.17) is 4.74 Å². The summed E-state index contributed by atoms with van der Waals surface area (Å²) >= 11 is 0. The van der Waals surface area contributed by atoms with Crippen molar-refractivity contribution in [1.82, 2.24) is 0 Å². The molecule has 2 aromatic carbocycles. The lowest BCUT2D eigenvalue weighted by molar-refractivity contribution is -0.114. The van der Waals surface area contributed by atoms with Crippen LogP contribution >= 0.6 is 0 Å². The highest BCUT2D eigenvalue weighted by Gasteiger charge is 2.23. The zero-order valence-corrected chi connectivity index (χ0v) is 12.2. The van der Waals surface area contributed by atoms with Crippen LogP contribution in [0.1, 0.15) is 19.4 Å². The van der Waals surface area contributed by atoms with E-state index >= 15 is 0 Å². The molecule has 110 valence electrons. The molecule has 1 atom stereocenters. The fraction of sp³-hybridized carbons (Fsp3) is 0.235. The van der Waals surface area contributed by atoms with Gasteiger partial charge in [0.05, 0.1) is 0 Å². The molecular weight excluding hydrogens is 266 g/mol. The van der Waals surface area contributed by atoms with E-state index in [0.29, 0.717) is 11.4 Å². The minimum Gasteiger partial charge on any atom is -0.490 e. The Balaban J connectivity index is 1.98. The van der Waals surface area contributed by atoms with E-state index in [1.807, 2.05) is 30.3 Å². The van der Waals surface area contributed by atoms with Crippen LogP contribution in [-0.4, -0.2) is 17.6 Å². The van der Waals surface area contributed by atoms with Gasteiger partial charge >= 0.3 is 0 Å².